The van der Waals surface area contributed by atoms with E-state index in [1.165, 1.54) is 0 Å². The Morgan fingerprint density at radius 2 is 1.50 bits per heavy atom. The number of fused-ring (bicyclic) bond motifs is 1. The number of benzene rings is 1. The number of halogens is 6. The van der Waals surface area contributed by atoms with Crippen LogP contribution in [-0.2, 0) is 12.4 Å². The van der Waals surface area contributed by atoms with Gasteiger partial charge in [-0.2, -0.15) is 26.3 Å². The zero-order valence-corrected chi connectivity index (χ0v) is 12.3. The number of thiophene rings is 1. The molecule has 0 aliphatic heterocycles. The molecular weight excluding hydrogens is 358 g/mol. The maximum absolute atomic E-state index is 12.8. The molecule has 10 heteroatoms. The Kier molecular flexibility index (Phi) is 3.86. The van der Waals surface area contributed by atoms with E-state index in [-0.39, 0.29) is 11.9 Å². The summed E-state index contributed by atoms with van der Waals surface area (Å²) < 4.78 is 82.6. The molecule has 3 nitrogen and oxygen atoms in total. The van der Waals surface area contributed by atoms with Crippen LogP contribution in [0.3, 0.4) is 0 Å². The summed E-state index contributed by atoms with van der Waals surface area (Å²) in [5.41, 5.74) is -2.43. The van der Waals surface area contributed by atoms with Gasteiger partial charge in [0.25, 0.3) is 0 Å². The van der Waals surface area contributed by atoms with Crippen molar-refractivity contribution in [2.45, 2.75) is 12.4 Å². The van der Waals surface area contributed by atoms with Gasteiger partial charge in [-0.1, -0.05) is 0 Å². The van der Waals surface area contributed by atoms with E-state index in [0.29, 0.717) is 22.3 Å². The van der Waals surface area contributed by atoms with Gasteiger partial charge < -0.3 is 4.74 Å². The van der Waals surface area contributed by atoms with Crippen molar-refractivity contribution < 1.29 is 31.1 Å². The van der Waals surface area contributed by atoms with Crippen molar-refractivity contribution >= 4 is 21.6 Å². The molecule has 0 bridgehead atoms. The fourth-order valence-electron chi connectivity index (χ4n) is 1.94. The van der Waals surface area contributed by atoms with Gasteiger partial charge in [-0.05, 0) is 29.6 Å². The summed E-state index contributed by atoms with van der Waals surface area (Å²) in [5.74, 6) is -0.715. The quantitative estimate of drug-likeness (QED) is 0.562. The highest BCUT2D eigenvalue weighted by Crippen LogP contribution is 2.39. The summed E-state index contributed by atoms with van der Waals surface area (Å²) in [4.78, 5) is 7.69. The zero-order chi connectivity index (χ0) is 17.5. The number of aromatic nitrogens is 2. The van der Waals surface area contributed by atoms with Crippen molar-refractivity contribution in [1.82, 2.24) is 9.97 Å². The summed E-state index contributed by atoms with van der Waals surface area (Å²) >= 11 is 1.16. The number of nitrogens with zero attached hydrogens (tertiary/aromatic N) is 2. The third-order valence-electron chi connectivity index (χ3n) is 2.99. The number of rotatable bonds is 2. The van der Waals surface area contributed by atoms with Gasteiger partial charge in [-0.25, -0.2) is 9.97 Å². The molecule has 0 fully saturated rings. The molecule has 0 aliphatic rings. The van der Waals surface area contributed by atoms with Gasteiger partial charge in [0.05, 0.1) is 16.6 Å². The molecule has 1 aromatic carbocycles. The Hall–Kier alpha value is -2.36. The molecule has 0 aliphatic carbocycles. The van der Waals surface area contributed by atoms with Crippen LogP contribution in [0.1, 0.15) is 11.1 Å². The minimum absolute atomic E-state index is 0.0353. The average molecular weight is 364 g/mol. The largest absolute Gasteiger partial charge is 0.437 e. The minimum Gasteiger partial charge on any atom is -0.437 e. The van der Waals surface area contributed by atoms with Crippen molar-refractivity contribution in [3.8, 4) is 11.6 Å². The normalized spacial score (nSPS) is 12.6. The van der Waals surface area contributed by atoms with E-state index in [0.717, 1.165) is 17.7 Å². The lowest BCUT2D eigenvalue weighted by atomic mass is 10.1. The molecule has 0 saturated carbocycles. The molecule has 24 heavy (non-hydrogen) atoms. The summed E-state index contributed by atoms with van der Waals surface area (Å²) in [6.45, 7) is 0. The fourth-order valence-corrected chi connectivity index (χ4v) is 2.71. The van der Waals surface area contributed by atoms with Crippen LogP contribution in [-0.4, -0.2) is 9.97 Å². The van der Waals surface area contributed by atoms with Crippen molar-refractivity contribution in [3.05, 3.63) is 47.1 Å². The molecule has 0 amide bonds. The van der Waals surface area contributed by atoms with Crippen molar-refractivity contribution in [3.63, 3.8) is 0 Å². The summed E-state index contributed by atoms with van der Waals surface area (Å²) in [6.07, 6.45) is -8.77. The molecule has 126 valence electrons. The second kappa shape index (κ2) is 5.62. The van der Waals surface area contributed by atoms with E-state index in [2.05, 4.69) is 9.97 Å². The standard InChI is InChI=1S/C14H6F6N2OS/c15-13(16,17)7-3-8(14(18,19)20)5-9(4-7)23-12-11-10(1-2-24-11)21-6-22-12/h1-6H. The average Bonchev–Trinajstić information content (AvgIpc) is 2.94. The third-order valence-corrected chi connectivity index (χ3v) is 3.88. The van der Waals surface area contributed by atoms with Crippen LogP contribution < -0.4 is 4.74 Å². The van der Waals surface area contributed by atoms with Crippen molar-refractivity contribution in [1.29, 1.82) is 0 Å². The zero-order valence-electron chi connectivity index (χ0n) is 11.4. The second-order valence-electron chi connectivity index (χ2n) is 4.66. The highest BCUT2D eigenvalue weighted by molar-refractivity contribution is 7.17. The van der Waals surface area contributed by atoms with E-state index in [1.807, 2.05) is 0 Å². The molecule has 2 heterocycles. The predicted octanol–water partition coefficient (Wildman–Crippen LogP) is 5.52. The summed E-state index contributed by atoms with van der Waals surface area (Å²) in [6, 6.07) is 2.66. The molecule has 0 atom stereocenters. The van der Waals surface area contributed by atoms with Crippen molar-refractivity contribution in [2.24, 2.45) is 0 Å². The van der Waals surface area contributed by atoms with Gasteiger partial charge >= 0.3 is 12.4 Å². The van der Waals surface area contributed by atoms with Crippen LogP contribution in [0.4, 0.5) is 26.3 Å². The van der Waals surface area contributed by atoms with Gasteiger partial charge in [0.2, 0.25) is 5.88 Å². The van der Waals surface area contributed by atoms with E-state index in [4.69, 9.17) is 4.74 Å². The van der Waals surface area contributed by atoms with E-state index < -0.39 is 29.2 Å². The van der Waals surface area contributed by atoms with Gasteiger partial charge in [0, 0.05) is 0 Å². The summed E-state index contributed by atoms with van der Waals surface area (Å²) in [5, 5.41) is 1.65. The lowest BCUT2D eigenvalue weighted by molar-refractivity contribution is -0.143. The fraction of sp³-hybridized carbons (Fsp3) is 0.143. The maximum Gasteiger partial charge on any atom is 0.416 e. The Morgan fingerprint density at radius 1 is 0.875 bits per heavy atom. The predicted molar refractivity (Wildman–Crippen MR) is 73.9 cm³/mol. The lowest BCUT2D eigenvalue weighted by Gasteiger charge is -2.14. The van der Waals surface area contributed by atoms with Crippen LogP contribution in [0.5, 0.6) is 11.6 Å². The Labute approximate surface area is 134 Å². The van der Waals surface area contributed by atoms with Crippen molar-refractivity contribution in [2.75, 3.05) is 0 Å². The molecule has 0 N–H and O–H groups in total. The van der Waals surface area contributed by atoms with Gasteiger partial charge in [-0.15, -0.1) is 11.3 Å². The van der Waals surface area contributed by atoms with Crippen LogP contribution in [0.25, 0.3) is 10.2 Å². The maximum atomic E-state index is 12.8. The molecule has 0 unspecified atom stereocenters. The Balaban J connectivity index is 2.08. The number of alkyl halides is 6. The number of ether oxygens (including phenoxy) is 1. The molecule has 3 rings (SSSR count). The van der Waals surface area contributed by atoms with Gasteiger partial charge in [0.15, 0.2) is 0 Å². The first-order chi connectivity index (χ1) is 11.1. The molecule has 3 aromatic rings. The Morgan fingerprint density at radius 3 is 2.08 bits per heavy atom. The van der Waals surface area contributed by atoms with Gasteiger partial charge in [0.1, 0.15) is 16.8 Å². The van der Waals surface area contributed by atoms with Crippen LogP contribution in [0.15, 0.2) is 36.0 Å². The first-order valence-corrected chi connectivity index (χ1v) is 7.18. The monoisotopic (exact) mass is 364 g/mol. The van der Waals surface area contributed by atoms with E-state index in [9.17, 15) is 26.3 Å². The molecule has 0 radical (unpaired) electrons. The third kappa shape index (κ3) is 3.28. The van der Waals surface area contributed by atoms with E-state index >= 15 is 0 Å². The van der Waals surface area contributed by atoms with Crippen LogP contribution in [0, 0.1) is 0 Å². The Bertz CT molecular complexity index is 855. The van der Waals surface area contributed by atoms with Crippen LogP contribution in [0.2, 0.25) is 0 Å². The highest BCUT2D eigenvalue weighted by Gasteiger charge is 2.37. The molecule has 2 aromatic heterocycles. The summed E-state index contributed by atoms with van der Waals surface area (Å²) in [7, 11) is 0. The smallest absolute Gasteiger partial charge is 0.416 e. The number of hydrogen-bond acceptors (Lipinski definition) is 4. The lowest BCUT2D eigenvalue weighted by Crippen LogP contribution is -2.11. The SMILES string of the molecule is FC(F)(F)c1cc(Oc2ncnc3ccsc23)cc(C(F)(F)F)c1. The molecular formula is C14H6F6N2OS. The minimum atomic E-state index is -4.94. The topological polar surface area (TPSA) is 35.0 Å². The van der Waals surface area contributed by atoms with Gasteiger partial charge in [-0.3, -0.25) is 0 Å². The molecule has 0 saturated heterocycles. The van der Waals surface area contributed by atoms with E-state index in [1.54, 1.807) is 11.4 Å². The highest BCUT2D eigenvalue weighted by atomic mass is 32.1. The molecule has 0 spiro atoms. The number of hydrogen-bond donors (Lipinski definition) is 0. The van der Waals surface area contributed by atoms with Crippen LogP contribution >= 0.6 is 11.3 Å². The first-order valence-electron chi connectivity index (χ1n) is 6.30. The second-order valence-corrected chi connectivity index (χ2v) is 5.57. The first kappa shape index (κ1) is 16.5.